The van der Waals surface area contributed by atoms with Gasteiger partial charge in [-0.05, 0) is 19.4 Å². The minimum atomic E-state index is -1.37. The zero-order valence-electron chi connectivity index (χ0n) is 7.20. The highest BCUT2D eigenvalue weighted by Gasteiger charge is 2.21. The first-order chi connectivity index (χ1) is 5.56. The zero-order chi connectivity index (χ0) is 9.19. The third kappa shape index (κ3) is 1.63. The van der Waals surface area contributed by atoms with Gasteiger partial charge in [0.05, 0.1) is 0 Å². The van der Waals surface area contributed by atoms with E-state index in [1.54, 1.807) is 6.07 Å². The summed E-state index contributed by atoms with van der Waals surface area (Å²) >= 11 is 0. The lowest BCUT2D eigenvalue weighted by atomic mass is 9.96. The molecule has 1 rings (SSSR count). The molecule has 12 heavy (non-hydrogen) atoms. The Morgan fingerprint density at radius 3 is 2.67 bits per heavy atom. The van der Waals surface area contributed by atoms with Gasteiger partial charge in [-0.2, -0.15) is 5.26 Å². The summed E-state index contributed by atoms with van der Waals surface area (Å²) < 4.78 is 0. The SMILES string of the molecule is Cc1cccc(C(C)(O)C#N)c1. The Hall–Kier alpha value is -1.33. The molecule has 0 heterocycles. The highest BCUT2D eigenvalue weighted by atomic mass is 16.3. The summed E-state index contributed by atoms with van der Waals surface area (Å²) in [6.45, 7) is 3.42. The molecule has 0 saturated heterocycles. The smallest absolute Gasteiger partial charge is 0.173 e. The fourth-order valence-corrected chi connectivity index (χ4v) is 1.01. The Kier molecular flexibility index (Phi) is 2.16. The van der Waals surface area contributed by atoms with Gasteiger partial charge in [-0.15, -0.1) is 0 Å². The van der Waals surface area contributed by atoms with E-state index >= 15 is 0 Å². The van der Waals surface area contributed by atoms with Gasteiger partial charge >= 0.3 is 0 Å². The Morgan fingerprint density at radius 2 is 2.17 bits per heavy atom. The quantitative estimate of drug-likeness (QED) is 0.637. The van der Waals surface area contributed by atoms with Crippen LogP contribution in [0.15, 0.2) is 24.3 Å². The van der Waals surface area contributed by atoms with E-state index < -0.39 is 5.60 Å². The first-order valence-corrected chi connectivity index (χ1v) is 3.77. The van der Waals surface area contributed by atoms with Crippen molar-refractivity contribution < 1.29 is 5.11 Å². The van der Waals surface area contributed by atoms with E-state index in [-0.39, 0.29) is 0 Å². The molecule has 0 aliphatic carbocycles. The summed E-state index contributed by atoms with van der Waals surface area (Å²) in [6, 6.07) is 9.15. The highest BCUT2D eigenvalue weighted by molar-refractivity contribution is 5.30. The molecule has 1 aromatic rings. The maximum absolute atomic E-state index is 9.56. The third-order valence-electron chi connectivity index (χ3n) is 1.80. The molecule has 1 atom stereocenters. The van der Waals surface area contributed by atoms with E-state index in [9.17, 15) is 5.11 Å². The van der Waals surface area contributed by atoms with E-state index in [4.69, 9.17) is 5.26 Å². The van der Waals surface area contributed by atoms with Crippen LogP contribution in [0, 0.1) is 18.3 Å². The molecule has 0 radical (unpaired) electrons. The van der Waals surface area contributed by atoms with Gasteiger partial charge in [0.15, 0.2) is 5.60 Å². The molecule has 0 bridgehead atoms. The van der Waals surface area contributed by atoms with Gasteiger partial charge in [-0.1, -0.05) is 29.8 Å². The van der Waals surface area contributed by atoms with Crippen molar-refractivity contribution in [2.45, 2.75) is 19.4 Å². The molecular formula is C10H11NO. The fourth-order valence-electron chi connectivity index (χ4n) is 1.01. The molecule has 0 aromatic heterocycles. The number of hydrogen-bond acceptors (Lipinski definition) is 2. The lowest BCUT2D eigenvalue weighted by Gasteiger charge is -2.14. The third-order valence-corrected chi connectivity index (χ3v) is 1.80. The predicted octanol–water partition coefficient (Wildman–Crippen LogP) is 1.73. The van der Waals surface area contributed by atoms with Gasteiger partial charge in [0.25, 0.3) is 0 Å². The molecule has 0 aliphatic heterocycles. The normalized spacial score (nSPS) is 14.8. The van der Waals surface area contributed by atoms with Gasteiger partial charge < -0.3 is 5.11 Å². The molecule has 0 fully saturated rings. The molecule has 0 amide bonds. The lowest BCUT2D eigenvalue weighted by molar-refractivity contribution is 0.119. The number of nitrogens with zero attached hydrogens (tertiary/aromatic N) is 1. The van der Waals surface area contributed by atoms with Crippen molar-refractivity contribution >= 4 is 0 Å². The number of hydrogen-bond donors (Lipinski definition) is 1. The average molecular weight is 161 g/mol. The summed E-state index contributed by atoms with van der Waals surface area (Å²) in [5.41, 5.74) is 0.319. The van der Waals surface area contributed by atoms with Crippen molar-refractivity contribution in [3.63, 3.8) is 0 Å². The predicted molar refractivity (Wildman–Crippen MR) is 46.4 cm³/mol. The van der Waals surface area contributed by atoms with Gasteiger partial charge in [-0.25, -0.2) is 0 Å². The molecule has 1 aromatic carbocycles. The van der Waals surface area contributed by atoms with Crippen molar-refractivity contribution in [2.24, 2.45) is 0 Å². The molecule has 62 valence electrons. The Balaban J connectivity index is 3.14. The van der Waals surface area contributed by atoms with Crippen LogP contribution in [0.4, 0.5) is 0 Å². The van der Waals surface area contributed by atoms with Crippen molar-refractivity contribution in [1.29, 1.82) is 5.26 Å². The van der Waals surface area contributed by atoms with Crippen LogP contribution < -0.4 is 0 Å². The lowest BCUT2D eigenvalue weighted by Crippen LogP contribution is -2.17. The minimum Gasteiger partial charge on any atom is -0.372 e. The van der Waals surface area contributed by atoms with E-state index in [0.29, 0.717) is 5.56 Å². The highest BCUT2D eigenvalue weighted by Crippen LogP contribution is 2.19. The topological polar surface area (TPSA) is 44.0 Å². The van der Waals surface area contributed by atoms with Crippen LogP contribution in [-0.2, 0) is 5.60 Å². The maximum atomic E-state index is 9.56. The summed E-state index contributed by atoms with van der Waals surface area (Å²) in [4.78, 5) is 0. The van der Waals surface area contributed by atoms with Crippen LogP contribution in [0.25, 0.3) is 0 Å². The van der Waals surface area contributed by atoms with E-state index in [2.05, 4.69) is 0 Å². The summed E-state index contributed by atoms with van der Waals surface area (Å²) in [5.74, 6) is 0. The summed E-state index contributed by atoms with van der Waals surface area (Å²) in [6.07, 6.45) is 0. The minimum absolute atomic E-state index is 0.644. The number of aryl methyl sites for hydroxylation is 1. The maximum Gasteiger partial charge on any atom is 0.173 e. The summed E-state index contributed by atoms with van der Waals surface area (Å²) in [5, 5.41) is 18.2. The van der Waals surface area contributed by atoms with Crippen LogP contribution in [0.5, 0.6) is 0 Å². The Morgan fingerprint density at radius 1 is 1.50 bits per heavy atom. The Labute approximate surface area is 72.1 Å². The van der Waals surface area contributed by atoms with E-state index in [0.717, 1.165) is 5.56 Å². The van der Waals surface area contributed by atoms with Crippen molar-refractivity contribution in [1.82, 2.24) is 0 Å². The van der Waals surface area contributed by atoms with Crippen LogP contribution in [0.1, 0.15) is 18.1 Å². The second-order valence-electron chi connectivity index (χ2n) is 3.05. The average Bonchev–Trinajstić information content (AvgIpc) is 2.05. The molecule has 0 spiro atoms. The van der Waals surface area contributed by atoms with Crippen molar-refractivity contribution in [3.8, 4) is 6.07 Å². The number of benzene rings is 1. The monoisotopic (exact) mass is 161 g/mol. The molecule has 2 heteroatoms. The molecule has 1 N–H and O–H groups in total. The first kappa shape index (κ1) is 8.76. The second kappa shape index (κ2) is 2.96. The van der Waals surface area contributed by atoms with Gasteiger partial charge in [0.2, 0.25) is 0 Å². The van der Waals surface area contributed by atoms with Gasteiger partial charge in [-0.3, -0.25) is 0 Å². The number of nitriles is 1. The molecule has 1 unspecified atom stereocenters. The number of aliphatic hydroxyl groups is 1. The van der Waals surface area contributed by atoms with E-state index in [1.807, 2.05) is 31.2 Å². The fraction of sp³-hybridized carbons (Fsp3) is 0.300. The molecule has 2 nitrogen and oxygen atoms in total. The van der Waals surface area contributed by atoms with Gasteiger partial charge in [0, 0.05) is 0 Å². The van der Waals surface area contributed by atoms with Crippen LogP contribution in [-0.4, -0.2) is 5.11 Å². The van der Waals surface area contributed by atoms with Crippen molar-refractivity contribution in [2.75, 3.05) is 0 Å². The molecular weight excluding hydrogens is 150 g/mol. The second-order valence-corrected chi connectivity index (χ2v) is 3.05. The largest absolute Gasteiger partial charge is 0.372 e. The standard InChI is InChI=1S/C10H11NO/c1-8-4-3-5-9(6-8)10(2,12)7-11/h3-6,12H,1-2H3. The molecule has 0 saturated carbocycles. The Bertz CT molecular complexity index is 323. The van der Waals surface area contributed by atoms with Gasteiger partial charge in [0.1, 0.15) is 6.07 Å². The van der Waals surface area contributed by atoms with Crippen LogP contribution in [0.3, 0.4) is 0 Å². The zero-order valence-corrected chi connectivity index (χ0v) is 7.20. The van der Waals surface area contributed by atoms with E-state index in [1.165, 1.54) is 6.92 Å². The van der Waals surface area contributed by atoms with Crippen LogP contribution in [0.2, 0.25) is 0 Å². The van der Waals surface area contributed by atoms with Crippen molar-refractivity contribution in [3.05, 3.63) is 35.4 Å². The molecule has 0 aliphatic rings. The van der Waals surface area contributed by atoms with Crippen LogP contribution >= 0.6 is 0 Å². The summed E-state index contributed by atoms with van der Waals surface area (Å²) in [7, 11) is 0. The number of rotatable bonds is 1. The first-order valence-electron chi connectivity index (χ1n) is 3.77.